The number of hydrogen-bond donors (Lipinski definition) is 2. The number of likely N-dealkylation sites (N-methyl/N-ethyl adjacent to an activating group) is 1. The zero-order valence-electron chi connectivity index (χ0n) is 18.6. The fraction of sp³-hybridized carbons (Fsp3) is 0.476. The molecule has 1 fully saturated rings. The standard InChI is InChI=1S/C17H27N3O3S.C4H4O4/c1-4-20(5-2)24(22,23)16-8-6-15(7-9-16)17(21)14-19-12-10-18(3)11-13-19;5-3(6)1-2-4(7)8/h6-9H,4-5,10-14H2,1-3H3;1-2H,(H,5,6)(H,7,8)/b;2-1-. The number of carboxylic acid groups (broad SMARTS) is 2. The molecule has 0 aliphatic carbocycles. The maximum Gasteiger partial charge on any atom is 0.328 e. The molecule has 0 radical (unpaired) electrons. The second-order valence-corrected chi connectivity index (χ2v) is 9.06. The van der Waals surface area contributed by atoms with Crippen molar-refractivity contribution >= 4 is 27.7 Å². The van der Waals surface area contributed by atoms with Crippen LogP contribution < -0.4 is 0 Å². The third kappa shape index (κ3) is 8.87. The number of Topliss-reactive ketones (excluding diaryl/α,β-unsaturated/α-hetero) is 1. The summed E-state index contributed by atoms with van der Waals surface area (Å²) in [4.78, 5) is 36.1. The first-order valence-electron chi connectivity index (χ1n) is 10.2. The average Bonchev–Trinajstić information content (AvgIpc) is 2.75. The van der Waals surface area contributed by atoms with Crippen molar-refractivity contribution in [2.45, 2.75) is 18.7 Å². The summed E-state index contributed by atoms with van der Waals surface area (Å²) in [5, 5.41) is 15.6. The average molecular weight is 470 g/mol. The van der Waals surface area contributed by atoms with E-state index >= 15 is 0 Å². The molecule has 0 spiro atoms. The fourth-order valence-electron chi connectivity index (χ4n) is 2.97. The van der Waals surface area contributed by atoms with E-state index in [1.54, 1.807) is 12.1 Å². The van der Waals surface area contributed by atoms with Gasteiger partial charge in [-0.2, -0.15) is 4.31 Å². The van der Waals surface area contributed by atoms with Crippen molar-refractivity contribution in [1.82, 2.24) is 14.1 Å². The lowest BCUT2D eigenvalue weighted by Gasteiger charge is -2.31. The Bertz CT molecular complexity index is 886. The van der Waals surface area contributed by atoms with Gasteiger partial charge in [-0.3, -0.25) is 9.69 Å². The Balaban J connectivity index is 0.000000547. The second kappa shape index (κ2) is 13.1. The molecule has 1 aromatic carbocycles. The van der Waals surface area contributed by atoms with Gasteiger partial charge in [-0.15, -0.1) is 0 Å². The lowest BCUT2D eigenvalue weighted by molar-refractivity contribution is -0.134. The molecule has 2 rings (SSSR count). The smallest absolute Gasteiger partial charge is 0.328 e. The van der Waals surface area contributed by atoms with Crippen LogP contribution in [0, 0.1) is 0 Å². The van der Waals surface area contributed by atoms with E-state index in [9.17, 15) is 22.8 Å². The summed E-state index contributed by atoms with van der Waals surface area (Å²) in [7, 11) is -1.39. The zero-order chi connectivity index (χ0) is 24.3. The van der Waals surface area contributed by atoms with Gasteiger partial charge in [0.1, 0.15) is 0 Å². The largest absolute Gasteiger partial charge is 0.478 e. The Morgan fingerprint density at radius 2 is 1.41 bits per heavy atom. The predicted molar refractivity (Wildman–Crippen MR) is 119 cm³/mol. The van der Waals surface area contributed by atoms with Crippen molar-refractivity contribution in [1.29, 1.82) is 0 Å². The maximum absolute atomic E-state index is 12.5. The van der Waals surface area contributed by atoms with Crippen LogP contribution >= 0.6 is 0 Å². The number of benzene rings is 1. The van der Waals surface area contributed by atoms with Gasteiger partial charge in [0, 0.05) is 57.0 Å². The number of carbonyl (C=O) groups is 3. The van der Waals surface area contributed by atoms with Crippen LogP contribution in [-0.2, 0) is 19.6 Å². The second-order valence-electron chi connectivity index (χ2n) is 7.13. The molecule has 2 N–H and O–H groups in total. The van der Waals surface area contributed by atoms with E-state index in [2.05, 4.69) is 16.8 Å². The lowest BCUT2D eigenvalue weighted by atomic mass is 10.1. The minimum Gasteiger partial charge on any atom is -0.478 e. The highest BCUT2D eigenvalue weighted by Crippen LogP contribution is 2.16. The van der Waals surface area contributed by atoms with Crippen LogP contribution in [0.15, 0.2) is 41.3 Å². The predicted octanol–water partition coefficient (Wildman–Crippen LogP) is 0.859. The van der Waals surface area contributed by atoms with Crippen molar-refractivity contribution in [2.24, 2.45) is 0 Å². The lowest BCUT2D eigenvalue weighted by Crippen LogP contribution is -2.46. The van der Waals surface area contributed by atoms with E-state index in [1.165, 1.54) is 16.4 Å². The molecule has 0 bridgehead atoms. The molecule has 11 heteroatoms. The minimum atomic E-state index is -3.47. The highest BCUT2D eigenvalue weighted by molar-refractivity contribution is 7.89. The highest BCUT2D eigenvalue weighted by Gasteiger charge is 2.22. The van der Waals surface area contributed by atoms with E-state index in [0.717, 1.165) is 26.2 Å². The molecule has 10 nitrogen and oxygen atoms in total. The van der Waals surface area contributed by atoms with Gasteiger partial charge in [0.2, 0.25) is 10.0 Å². The monoisotopic (exact) mass is 469 g/mol. The van der Waals surface area contributed by atoms with Gasteiger partial charge in [-0.1, -0.05) is 26.0 Å². The number of piperazine rings is 1. The topological polar surface area (TPSA) is 136 Å². The summed E-state index contributed by atoms with van der Waals surface area (Å²) in [6.45, 7) is 8.59. The van der Waals surface area contributed by atoms with Crippen LogP contribution in [0.2, 0.25) is 0 Å². The molecule has 0 amide bonds. The summed E-state index contributed by atoms with van der Waals surface area (Å²) in [6, 6.07) is 6.30. The van der Waals surface area contributed by atoms with E-state index in [4.69, 9.17) is 10.2 Å². The molecule has 1 aromatic rings. The van der Waals surface area contributed by atoms with Crippen molar-refractivity contribution in [2.75, 3.05) is 52.9 Å². The van der Waals surface area contributed by atoms with Gasteiger partial charge >= 0.3 is 11.9 Å². The van der Waals surface area contributed by atoms with Gasteiger partial charge < -0.3 is 15.1 Å². The molecule has 0 saturated carbocycles. The van der Waals surface area contributed by atoms with Crippen LogP contribution in [0.3, 0.4) is 0 Å². The molecule has 32 heavy (non-hydrogen) atoms. The number of carbonyl (C=O) groups excluding carboxylic acids is 1. The molecule has 1 saturated heterocycles. The SMILES string of the molecule is CCN(CC)S(=O)(=O)c1ccc(C(=O)CN2CCN(C)CC2)cc1.O=C(O)/C=C\C(=O)O. The molecule has 0 unspecified atom stereocenters. The Kier molecular flexibility index (Phi) is 11.2. The van der Waals surface area contributed by atoms with E-state index in [0.29, 0.717) is 37.3 Å². The normalized spacial score (nSPS) is 15.4. The number of rotatable bonds is 9. The first kappa shape index (κ1) is 27.4. The third-order valence-electron chi connectivity index (χ3n) is 4.85. The van der Waals surface area contributed by atoms with Crippen LogP contribution in [0.25, 0.3) is 0 Å². The Morgan fingerprint density at radius 1 is 0.938 bits per heavy atom. The molecule has 1 heterocycles. The van der Waals surface area contributed by atoms with Crippen molar-refractivity contribution in [3.05, 3.63) is 42.0 Å². The van der Waals surface area contributed by atoms with Crippen molar-refractivity contribution in [3.63, 3.8) is 0 Å². The Morgan fingerprint density at radius 3 is 1.81 bits per heavy atom. The van der Waals surface area contributed by atoms with Crippen LogP contribution in [0.1, 0.15) is 24.2 Å². The Labute approximate surface area is 188 Å². The van der Waals surface area contributed by atoms with Crippen LogP contribution in [0.4, 0.5) is 0 Å². The zero-order valence-corrected chi connectivity index (χ0v) is 19.4. The number of aliphatic carboxylic acids is 2. The minimum absolute atomic E-state index is 0.0336. The maximum atomic E-state index is 12.5. The summed E-state index contributed by atoms with van der Waals surface area (Å²) in [5.74, 6) is -2.48. The summed E-state index contributed by atoms with van der Waals surface area (Å²) >= 11 is 0. The molecule has 178 valence electrons. The number of hydrogen-bond acceptors (Lipinski definition) is 7. The Hall–Kier alpha value is -2.60. The summed E-state index contributed by atoms with van der Waals surface area (Å²) < 4.78 is 26.3. The fourth-order valence-corrected chi connectivity index (χ4v) is 4.43. The van der Waals surface area contributed by atoms with E-state index in [-0.39, 0.29) is 10.7 Å². The summed E-state index contributed by atoms with van der Waals surface area (Å²) in [5.41, 5.74) is 0.562. The number of carboxylic acids is 2. The van der Waals surface area contributed by atoms with Crippen molar-refractivity contribution < 1.29 is 33.0 Å². The quantitative estimate of drug-likeness (QED) is 0.399. The third-order valence-corrected chi connectivity index (χ3v) is 6.92. The molecule has 1 aliphatic heterocycles. The van der Waals surface area contributed by atoms with E-state index < -0.39 is 22.0 Å². The molecule has 1 aliphatic rings. The number of sulfonamides is 1. The van der Waals surface area contributed by atoms with Gasteiger partial charge in [0.05, 0.1) is 11.4 Å². The highest BCUT2D eigenvalue weighted by atomic mass is 32.2. The first-order chi connectivity index (χ1) is 15.0. The van der Waals surface area contributed by atoms with Crippen molar-refractivity contribution in [3.8, 4) is 0 Å². The molecular weight excluding hydrogens is 438 g/mol. The van der Waals surface area contributed by atoms with E-state index in [1.807, 2.05) is 13.8 Å². The van der Waals surface area contributed by atoms with Gasteiger partial charge in [0.25, 0.3) is 0 Å². The number of ketones is 1. The van der Waals surface area contributed by atoms with Crippen LogP contribution in [-0.4, -0.2) is 103 Å². The number of nitrogens with zero attached hydrogens (tertiary/aromatic N) is 3. The van der Waals surface area contributed by atoms with Crippen LogP contribution in [0.5, 0.6) is 0 Å². The van der Waals surface area contributed by atoms with Gasteiger partial charge in [0.15, 0.2) is 5.78 Å². The molecule has 0 aromatic heterocycles. The first-order valence-corrected chi connectivity index (χ1v) is 11.6. The molecular formula is C21H31N3O7S. The molecule has 0 atom stereocenters. The van der Waals surface area contributed by atoms with Gasteiger partial charge in [-0.25, -0.2) is 18.0 Å². The summed E-state index contributed by atoms with van der Waals surface area (Å²) in [6.07, 6.45) is 1.12. The van der Waals surface area contributed by atoms with Gasteiger partial charge in [-0.05, 0) is 19.2 Å².